The summed E-state index contributed by atoms with van der Waals surface area (Å²) in [6.07, 6.45) is 3.58. The topological polar surface area (TPSA) is 34.1 Å². The molecular formula is C12H17FN2O. The molecule has 0 spiro atoms. The lowest BCUT2D eigenvalue weighted by atomic mass is 9.98. The van der Waals surface area contributed by atoms with Gasteiger partial charge in [0.05, 0.1) is 7.11 Å². The first-order chi connectivity index (χ1) is 7.83. The zero-order chi connectivity index (χ0) is 11.4. The molecule has 0 radical (unpaired) electrons. The van der Waals surface area contributed by atoms with Gasteiger partial charge in [0.25, 0.3) is 0 Å². The molecule has 3 nitrogen and oxygen atoms in total. The quantitative estimate of drug-likeness (QED) is 0.855. The fourth-order valence-corrected chi connectivity index (χ4v) is 2.10. The van der Waals surface area contributed by atoms with Crippen molar-refractivity contribution in [2.24, 2.45) is 0 Å². The fraction of sp³-hybridized carbons (Fsp3) is 0.583. The van der Waals surface area contributed by atoms with Crippen LogP contribution in [0.25, 0.3) is 0 Å². The molecule has 2 rings (SSSR count). The van der Waals surface area contributed by atoms with Crippen LogP contribution in [0, 0.1) is 0 Å². The monoisotopic (exact) mass is 224 g/mol. The Hall–Kier alpha value is -1.16. The SMILES string of the molecule is COc1cccnc1C(F)C1CCCCN1. The van der Waals surface area contributed by atoms with Gasteiger partial charge in [0.15, 0.2) is 6.17 Å². The van der Waals surface area contributed by atoms with Gasteiger partial charge in [0.1, 0.15) is 11.4 Å². The van der Waals surface area contributed by atoms with Gasteiger partial charge >= 0.3 is 0 Å². The third kappa shape index (κ3) is 2.32. The second-order valence-corrected chi connectivity index (χ2v) is 4.05. The third-order valence-electron chi connectivity index (χ3n) is 2.98. The number of pyridine rings is 1. The van der Waals surface area contributed by atoms with E-state index in [2.05, 4.69) is 10.3 Å². The Morgan fingerprint density at radius 1 is 1.56 bits per heavy atom. The maximum Gasteiger partial charge on any atom is 0.161 e. The molecule has 1 aromatic rings. The molecule has 0 aliphatic carbocycles. The van der Waals surface area contributed by atoms with Crippen molar-refractivity contribution < 1.29 is 9.13 Å². The molecular weight excluding hydrogens is 207 g/mol. The van der Waals surface area contributed by atoms with Crippen LogP contribution in [0.3, 0.4) is 0 Å². The van der Waals surface area contributed by atoms with Crippen molar-refractivity contribution >= 4 is 0 Å². The van der Waals surface area contributed by atoms with E-state index in [4.69, 9.17) is 4.74 Å². The second-order valence-electron chi connectivity index (χ2n) is 4.05. The first-order valence-corrected chi connectivity index (χ1v) is 5.69. The predicted molar refractivity (Wildman–Crippen MR) is 60.3 cm³/mol. The molecule has 1 aliphatic heterocycles. The molecule has 0 amide bonds. The summed E-state index contributed by atoms with van der Waals surface area (Å²) in [5, 5.41) is 3.20. The highest BCUT2D eigenvalue weighted by Gasteiger charge is 2.27. The van der Waals surface area contributed by atoms with Crippen molar-refractivity contribution in [1.29, 1.82) is 0 Å². The number of halogens is 1. The summed E-state index contributed by atoms with van der Waals surface area (Å²) in [6, 6.07) is 3.37. The largest absolute Gasteiger partial charge is 0.495 e. The Balaban J connectivity index is 2.15. The van der Waals surface area contributed by atoms with E-state index in [-0.39, 0.29) is 6.04 Å². The van der Waals surface area contributed by atoms with Gasteiger partial charge in [0, 0.05) is 12.2 Å². The molecule has 2 atom stereocenters. The molecule has 1 N–H and O–H groups in total. The lowest BCUT2D eigenvalue weighted by molar-refractivity contribution is 0.211. The van der Waals surface area contributed by atoms with Crippen LogP contribution < -0.4 is 10.1 Å². The highest BCUT2D eigenvalue weighted by Crippen LogP contribution is 2.30. The Kier molecular flexibility index (Phi) is 3.72. The average Bonchev–Trinajstić information content (AvgIpc) is 2.39. The summed E-state index contributed by atoms with van der Waals surface area (Å²) < 4.78 is 19.4. The summed E-state index contributed by atoms with van der Waals surface area (Å²) >= 11 is 0. The van der Waals surface area contributed by atoms with Crippen LogP contribution >= 0.6 is 0 Å². The Morgan fingerprint density at radius 2 is 2.44 bits per heavy atom. The van der Waals surface area contributed by atoms with Gasteiger partial charge in [-0.3, -0.25) is 4.98 Å². The minimum absolute atomic E-state index is 0.127. The number of hydrogen-bond acceptors (Lipinski definition) is 3. The number of rotatable bonds is 3. The molecule has 88 valence electrons. The maximum atomic E-state index is 14.3. The summed E-state index contributed by atoms with van der Waals surface area (Å²) in [5.74, 6) is 0.530. The second kappa shape index (κ2) is 5.25. The summed E-state index contributed by atoms with van der Waals surface area (Å²) in [5.41, 5.74) is 0.407. The van der Waals surface area contributed by atoms with Gasteiger partial charge in [-0.1, -0.05) is 6.42 Å². The minimum atomic E-state index is -1.09. The molecule has 0 saturated carbocycles. The first kappa shape index (κ1) is 11.3. The molecule has 1 aromatic heterocycles. The Labute approximate surface area is 95.0 Å². The van der Waals surface area contributed by atoms with Gasteiger partial charge in [-0.15, -0.1) is 0 Å². The number of ether oxygens (including phenoxy) is 1. The third-order valence-corrected chi connectivity index (χ3v) is 2.98. The van der Waals surface area contributed by atoms with Gasteiger partial charge in [0.2, 0.25) is 0 Å². The highest BCUT2D eigenvalue weighted by molar-refractivity contribution is 5.29. The fourth-order valence-electron chi connectivity index (χ4n) is 2.10. The van der Waals surface area contributed by atoms with Gasteiger partial charge < -0.3 is 10.1 Å². The van der Waals surface area contributed by atoms with E-state index in [9.17, 15) is 4.39 Å². The highest BCUT2D eigenvalue weighted by atomic mass is 19.1. The average molecular weight is 224 g/mol. The van der Waals surface area contributed by atoms with Crippen LogP contribution in [0.1, 0.15) is 31.1 Å². The van der Waals surface area contributed by atoms with Crippen molar-refractivity contribution in [3.05, 3.63) is 24.0 Å². The molecule has 2 heterocycles. The number of methoxy groups -OCH3 is 1. The van der Waals surface area contributed by atoms with Crippen molar-refractivity contribution in [2.75, 3.05) is 13.7 Å². The maximum absolute atomic E-state index is 14.3. The van der Waals surface area contributed by atoms with Crippen molar-refractivity contribution in [2.45, 2.75) is 31.5 Å². The van der Waals surface area contributed by atoms with E-state index in [1.54, 1.807) is 25.4 Å². The smallest absolute Gasteiger partial charge is 0.161 e. The zero-order valence-electron chi connectivity index (χ0n) is 9.45. The van der Waals surface area contributed by atoms with Gasteiger partial charge in [-0.25, -0.2) is 4.39 Å². The van der Waals surface area contributed by atoms with Crippen LogP contribution in [-0.4, -0.2) is 24.7 Å². The molecule has 0 aromatic carbocycles. The van der Waals surface area contributed by atoms with Crippen LogP contribution in [0.15, 0.2) is 18.3 Å². The standard InChI is InChI=1S/C12H17FN2O/c1-16-10-6-4-8-15-12(10)11(13)9-5-2-3-7-14-9/h4,6,8-9,11,14H,2-3,5,7H2,1H3. The van der Waals surface area contributed by atoms with E-state index in [0.29, 0.717) is 11.4 Å². The van der Waals surface area contributed by atoms with E-state index in [0.717, 1.165) is 25.8 Å². The molecule has 1 fully saturated rings. The number of piperidine rings is 1. The first-order valence-electron chi connectivity index (χ1n) is 5.69. The van der Waals surface area contributed by atoms with E-state index in [1.165, 1.54) is 0 Å². The Bertz CT molecular complexity index is 340. The lowest BCUT2D eigenvalue weighted by Crippen LogP contribution is -2.37. The van der Waals surface area contributed by atoms with E-state index in [1.807, 2.05) is 0 Å². The van der Waals surface area contributed by atoms with Crippen LogP contribution in [-0.2, 0) is 0 Å². The van der Waals surface area contributed by atoms with Crippen LogP contribution in [0.5, 0.6) is 5.75 Å². The molecule has 1 aliphatic rings. The van der Waals surface area contributed by atoms with Crippen molar-refractivity contribution in [3.63, 3.8) is 0 Å². The molecule has 16 heavy (non-hydrogen) atoms. The summed E-state index contributed by atoms with van der Waals surface area (Å²) in [4.78, 5) is 4.08. The van der Waals surface area contributed by atoms with Crippen LogP contribution in [0.4, 0.5) is 4.39 Å². The normalized spacial score (nSPS) is 22.8. The van der Waals surface area contributed by atoms with Crippen LogP contribution in [0.2, 0.25) is 0 Å². The zero-order valence-corrected chi connectivity index (χ0v) is 9.45. The van der Waals surface area contributed by atoms with Gasteiger partial charge in [-0.05, 0) is 31.5 Å². The van der Waals surface area contributed by atoms with E-state index < -0.39 is 6.17 Å². The van der Waals surface area contributed by atoms with E-state index >= 15 is 0 Å². The molecule has 2 unspecified atom stereocenters. The summed E-state index contributed by atoms with van der Waals surface area (Å²) in [7, 11) is 1.54. The Morgan fingerprint density at radius 3 is 3.12 bits per heavy atom. The van der Waals surface area contributed by atoms with Crippen molar-refractivity contribution in [3.8, 4) is 5.75 Å². The van der Waals surface area contributed by atoms with Gasteiger partial charge in [-0.2, -0.15) is 0 Å². The minimum Gasteiger partial charge on any atom is -0.495 e. The number of nitrogens with one attached hydrogen (secondary N) is 1. The predicted octanol–water partition coefficient (Wildman–Crippen LogP) is 2.24. The number of aromatic nitrogens is 1. The molecule has 4 heteroatoms. The number of nitrogens with zero attached hydrogens (tertiary/aromatic N) is 1. The lowest BCUT2D eigenvalue weighted by Gasteiger charge is -2.26. The summed E-state index contributed by atoms with van der Waals surface area (Å²) in [6.45, 7) is 0.889. The number of alkyl halides is 1. The molecule has 0 bridgehead atoms. The number of hydrogen-bond donors (Lipinski definition) is 1. The molecule has 1 saturated heterocycles. The van der Waals surface area contributed by atoms with Crippen molar-refractivity contribution in [1.82, 2.24) is 10.3 Å².